The van der Waals surface area contributed by atoms with E-state index in [1.54, 1.807) is 23.5 Å². The maximum Gasteiger partial charge on any atom is 0.319 e. The Kier molecular flexibility index (Phi) is 5.25. The van der Waals surface area contributed by atoms with Crippen molar-refractivity contribution in [2.24, 2.45) is 0 Å². The molecule has 1 saturated heterocycles. The van der Waals surface area contributed by atoms with Gasteiger partial charge in [0.25, 0.3) is 0 Å². The summed E-state index contributed by atoms with van der Waals surface area (Å²) < 4.78 is 12.9. The lowest BCUT2D eigenvalue weighted by Crippen LogP contribution is -2.38. The normalized spacial score (nSPS) is 16.2. The molecule has 1 aliphatic heterocycles. The van der Waals surface area contributed by atoms with Crippen molar-refractivity contribution < 1.29 is 9.18 Å². The zero-order chi connectivity index (χ0) is 16.1. The number of nitrogens with zero attached hydrogens (tertiary/aromatic N) is 1. The summed E-state index contributed by atoms with van der Waals surface area (Å²) in [6.45, 7) is 2.70. The highest BCUT2D eigenvalue weighted by Gasteiger charge is 2.24. The summed E-state index contributed by atoms with van der Waals surface area (Å²) >= 11 is 1.67. The van der Waals surface area contributed by atoms with Gasteiger partial charge in [0.05, 0.1) is 6.04 Å². The van der Waals surface area contributed by atoms with Crippen LogP contribution in [0.15, 0.2) is 41.1 Å². The molecule has 23 heavy (non-hydrogen) atoms. The van der Waals surface area contributed by atoms with Crippen molar-refractivity contribution in [3.05, 3.63) is 52.5 Å². The van der Waals surface area contributed by atoms with Crippen molar-refractivity contribution in [3.8, 4) is 0 Å². The van der Waals surface area contributed by atoms with Gasteiger partial charge in [-0.1, -0.05) is 0 Å². The van der Waals surface area contributed by atoms with Crippen LogP contribution in [-0.2, 0) is 0 Å². The van der Waals surface area contributed by atoms with Gasteiger partial charge in [-0.3, -0.25) is 4.90 Å². The molecule has 2 aromatic rings. The maximum absolute atomic E-state index is 12.9. The Balaban J connectivity index is 1.57. The molecule has 0 unspecified atom stereocenters. The standard InChI is InChI=1S/C17H20FN3OS/c18-14-3-5-15(6-4-14)20-17(22)19-11-16(13-7-10-23-12-13)21-8-1-2-9-21/h3-7,10,12,16H,1-2,8-9,11H2,(H2,19,20,22)/t16-/m0/s1. The Morgan fingerprint density at radius 2 is 1.96 bits per heavy atom. The summed E-state index contributed by atoms with van der Waals surface area (Å²) in [4.78, 5) is 14.5. The second-order valence-corrected chi connectivity index (χ2v) is 6.44. The average Bonchev–Trinajstić information content (AvgIpc) is 3.24. The van der Waals surface area contributed by atoms with Gasteiger partial charge >= 0.3 is 6.03 Å². The van der Waals surface area contributed by atoms with Gasteiger partial charge in [-0.25, -0.2) is 9.18 Å². The zero-order valence-electron chi connectivity index (χ0n) is 12.8. The number of anilines is 1. The summed E-state index contributed by atoms with van der Waals surface area (Å²) in [5.41, 5.74) is 1.83. The molecule has 1 atom stereocenters. The molecule has 0 radical (unpaired) electrons. The lowest BCUT2D eigenvalue weighted by Gasteiger charge is -2.27. The van der Waals surface area contributed by atoms with E-state index < -0.39 is 0 Å². The highest BCUT2D eigenvalue weighted by atomic mass is 32.1. The average molecular weight is 333 g/mol. The third-order valence-corrected chi connectivity index (χ3v) is 4.77. The molecular weight excluding hydrogens is 313 g/mol. The topological polar surface area (TPSA) is 44.4 Å². The summed E-state index contributed by atoms with van der Waals surface area (Å²) in [5.74, 6) is -0.317. The van der Waals surface area contributed by atoms with Crippen LogP contribution in [0.5, 0.6) is 0 Å². The van der Waals surface area contributed by atoms with Crippen LogP contribution in [0.3, 0.4) is 0 Å². The fourth-order valence-corrected chi connectivity index (χ4v) is 3.58. The second-order valence-electron chi connectivity index (χ2n) is 5.66. The van der Waals surface area contributed by atoms with Crippen molar-refractivity contribution >= 4 is 23.1 Å². The van der Waals surface area contributed by atoms with Crippen LogP contribution in [0.4, 0.5) is 14.9 Å². The van der Waals surface area contributed by atoms with E-state index in [-0.39, 0.29) is 17.9 Å². The molecule has 1 aromatic carbocycles. The third kappa shape index (κ3) is 4.30. The van der Waals surface area contributed by atoms with Gasteiger partial charge in [0.15, 0.2) is 0 Å². The van der Waals surface area contributed by atoms with Crippen LogP contribution in [0.1, 0.15) is 24.4 Å². The molecule has 2 amide bonds. The number of benzene rings is 1. The van der Waals surface area contributed by atoms with Crippen LogP contribution in [-0.4, -0.2) is 30.6 Å². The van der Waals surface area contributed by atoms with Gasteiger partial charge in [0.2, 0.25) is 0 Å². The maximum atomic E-state index is 12.9. The molecule has 1 fully saturated rings. The molecule has 6 heteroatoms. The monoisotopic (exact) mass is 333 g/mol. The highest BCUT2D eigenvalue weighted by molar-refractivity contribution is 7.07. The fraction of sp³-hybridized carbons (Fsp3) is 0.353. The minimum Gasteiger partial charge on any atom is -0.336 e. The molecule has 3 rings (SSSR count). The number of carbonyl (C=O) groups is 1. The first-order valence-electron chi connectivity index (χ1n) is 7.79. The molecule has 0 saturated carbocycles. The number of hydrogen-bond donors (Lipinski definition) is 2. The SMILES string of the molecule is O=C(NC[C@@H](c1ccsc1)N1CCCC1)Nc1ccc(F)cc1. The first kappa shape index (κ1) is 16.0. The molecule has 122 valence electrons. The molecule has 4 nitrogen and oxygen atoms in total. The van der Waals surface area contributed by atoms with Crippen LogP contribution in [0.2, 0.25) is 0 Å². The first-order valence-corrected chi connectivity index (χ1v) is 8.73. The van der Waals surface area contributed by atoms with Gasteiger partial charge in [0.1, 0.15) is 5.82 Å². The number of likely N-dealkylation sites (tertiary alicyclic amines) is 1. The number of thiophene rings is 1. The van der Waals surface area contributed by atoms with Crippen molar-refractivity contribution in [1.82, 2.24) is 10.2 Å². The Morgan fingerprint density at radius 3 is 2.61 bits per heavy atom. The number of rotatable bonds is 5. The Labute approximate surface area is 139 Å². The quantitative estimate of drug-likeness (QED) is 0.873. The highest BCUT2D eigenvalue weighted by Crippen LogP contribution is 2.26. The smallest absolute Gasteiger partial charge is 0.319 e. The lowest BCUT2D eigenvalue weighted by molar-refractivity contribution is 0.228. The van der Waals surface area contributed by atoms with Gasteiger partial charge in [0, 0.05) is 12.2 Å². The van der Waals surface area contributed by atoms with E-state index in [1.807, 2.05) is 0 Å². The van der Waals surface area contributed by atoms with Gasteiger partial charge in [-0.05, 0) is 72.6 Å². The van der Waals surface area contributed by atoms with Crippen molar-refractivity contribution in [3.63, 3.8) is 0 Å². The Morgan fingerprint density at radius 1 is 1.22 bits per heavy atom. The summed E-state index contributed by atoms with van der Waals surface area (Å²) in [7, 11) is 0. The van der Waals surface area contributed by atoms with E-state index in [2.05, 4.69) is 32.4 Å². The molecule has 0 spiro atoms. The van der Waals surface area contributed by atoms with Crippen LogP contribution < -0.4 is 10.6 Å². The Bertz CT molecular complexity index is 624. The number of urea groups is 1. The largest absolute Gasteiger partial charge is 0.336 e. The summed E-state index contributed by atoms with van der Waals surface area (Å²) in [5, 5.41) is 9.87. The molecule has 1 aliphatic rings. The summed E-state index contributed by atoms with van der Waals surface area (Å²) in [6.07, 6.45) is 2.42. The van der Waals surface area contributed by atoms with Gasteiger partial charge in [-0.15, -0.1) is 0 Å². The van der Waals surface area contributed by atoms with E-state index in [9.17, 15) is 9.18 Å². The van der Waals surface area contributed by atoms with Crippen molar-refractivity contribution in [2.45, 2.75) is 18.9 Å². The van der Waals surface area contributed by atoms with Crippen LogP contribution >= 0.6 is 11.3 Å². The molecule has 0 bridgehead atoms. The number of halogens is 1. The van der Waals surface area contributed by atoms with Crippen molar-refractivity contribution in [1.29, 1.82) is 0 Å². The van der Waals surface area contributed by atoms with E-state index in [4.69, 9.17) is 0 Å². The van der Waals surface area contributed by atoms with Crippen LogP contribution in [0.25, 0.3) is 0 Å². The second kappa shape index (κ2) is 7.57. The van der Waals surface area contributed by atoms with E-state index in [0.29, 0.717) is 12.2 Å². The minimum absolute atomic E-state index is 0.211. The predicted octanol–water partition coefficient (Wildman–Crippen LogP) is 3.85. The zero-order valence-corrected chi connectivity index (χ0v) is 13.6. The van der Waals surface area contributed by atoms with Gasteiger partial charge < -0.3 is 10.6 Å². The van der Waals surface area contributed by atoms with Gasteiger partial charge in [-0.2, -0.15) is 11.3 Å². The lowest BCUT2D eigenvalue weighted by atomic mass is 10.1. The van der Waals surface area contributed by atoms with Crippen LogP contribution in [0, 0.1) is 5.82 Å². The van der Waals surface area contributed by atoms with E-state index in [0.717, 1.165) is 13.1 Å². The summed E-state index contributed by atoms with van der Waals surface area (Å²) in [6, 6.07) is 7.81. The first-order chi connectivity index (χ1) is 11.2. The number of hydrogen-bond acceptors (Lipinski definition) is 3. The molecule has 2 N–H and O–H groups in total. The third-order valence-electron chi connectivity index (χ3n) is 4.07. The molecule has 0 aliphatic carbocycles. The molecule has 1 aromatic heterocycles. The minimum atomic E-state index is -0.317. The number of amides is 2. The Hall–Kier alpha value is -1.92. The number of nitrogens with one attached hydrogen (secondary N) is 2. The van der Waals surface area contributed by atoms with Crippen molar-refractivity contribution in [2.75, 3.05) is 25.0 Å². The fourth-order valence-electron chi connectivity index (χ4n) is 2.87. The van der Waals surface area contributed by atoms with E-state index in [1.165, 1.54) is 30.5 Å². The predicted molar refractivity (Wildman–Crippen MR) is 91.3 cm³/mol. The number of carbonyl (C=O) groups excluding carboxylic acids is 1. The molecular formula is C17H20FN3OS. The molecule has 2 heterocycles. The van der Waals surface area contributed by atoms with E-state index >= 15 is 0 Å².